The predicted molar refractivity (Wildman–Crippen MR) is 315 cm³/mol. The van der Waals surface area contributed by atoms with Crippen LogP contribution in [0.1, 0.15) is 23.1 Å². The summed E-state index contributed by atoms with van der Waals surface area (Å²) < 4.78 is 2.55. The maximum atomic E-state index is 2.55. The standard InChI is InChI=1S/C73H52N2/c1-6-23-51(24-7-1)55-47-56(52-25-8-2-9-26-52)49-61(48-55)74(59-31-14-5-15-32-59)60-44-41-53(42-45-60)62-33-16-17-34-63(62)54-43-46-65-64-35-19-21-39-69(64)75(71(65)50-54)70-40-22-38-68-72(70)66-36-18-20-37-67(66)73(68,57-27-10-3-11-28-57)58-29-12-4-13-30-58/h1-29,31-50,58H,30H2. The van der Waals surface area contributed by atoms with Crippen molar-refractivity contribution in [2.24, 2.45) is 5.92 Å². The fraction of sp³-hybridized carbons (Fsp3) is 0.0411. The van der Waals surface area contributed by atoms with Gasteiger partial charge in [-0.1, -0.05) is 237 Å². The van der Waals surface area contributed by atoms with Crippen molar-refractivity contribution in [1.82, 2.24) is 4.57 Å². The Bertz CT molecular complexity index is 4070. The third kappa shape index (κ3) is 7.40. The molecule has 354 valence electrons. The van der Waals surface area contributed by atoms with Gasteiger partial charge in [0.25, 0.3) is 0 Å². The number of anilines is 3. The van der Waals surface area contributed by atoms with Gasteiger partial charge in [0.05, 0.1) is 22.1 Å². The molecular weight excluding hydrogens is 905 g/mol. The van der Waals surface area contributed by atoms with Gasteiger partial charge < -0.3 is 9.47 Å². The minimum absolute atomic E-state index is 0.248. The molecule has 1 heterocycles. The first-order valence-electron chi connectivity index (χ1n) is 26.2. The minimum Gasteiger partial charge on any atom is -0.310 e. The molecule has 0 saturated carbocycles. The number of aromatic nitrogens is 1. The molecule has 0 amide bonds. The molecular formula is C73H52N2. The van der Waals surface area contributed by atoms with Crippen LogP contribution >= 0.6 is 0 Å². The van der Waals surface area contributed by atoms with E-state index in [2.05, 4.69) is 307 Å². The molecule has 0 bridgehead atoms. The van der Waals surface area contributed by atoms with Crippen molar-refractivity contribution in [2.45, 2.75) is 11.8 Å². The highest BCUT2D eigenvalue weighted by Gasteiger charge is 2.50. The van der Waals surface area contributed by atoms with Gasteiger partial charge in [-0.3, -0.25) is 0 Å². The number of rotatable bonds is 10. The Morgan fingerprint density at radius 2 is 0.920 bits per heavy atom. The van der Waals surface area contributed by atoms with Crippen molar-refractivity contribution >= 4 is 38.9 Å². The maximum Gasteiger partial charge on any atom is 0.0547 e. The zero-order valence-corrected chi connectivity index (χ0v) is 41.5. The van der Waals surface area contributed by atoms with Gasteiger partial charge in [0.1, 0.15) is 0 Å². The molecule has 2 aliphatic rings. The highest BCUT2D eigenvalue weighted by molar-refractivity contribution is 6.11. The molecule has 0 N–H and O–H groups in total. The molecule has 2 nitrogen and oxygen atoms in total. The van der Waals surface area contributed by atoms with Crippen LogP contribution in [0.3, 0.4) is 0 Å². The third-order valence-corrected chi connectivity index (χ3v) is 15.8. The van der Waals surface area contributed by atoms with Crippen molar-refractivity contribution in [2.75, 3.05) is 4.90 Å². The molecule has 0 aliphatic heterocycles. The van der Waals surface area contributed by atoms with Gasteiger partial charge in [-0.15, -0.1) is 0 Å². The van der Waals surface area contributed by atoms with Crippen LogP contribution in [0.15, 0.2) is 297 Å². The second kappa shape index (κ2) is 18.5. The largest absolute Gasteiger partial charge is 0.310 e. The van der Waals surface area contributed by atoms with E-state index in [0.29, 0.717) is 0 Å². The van der Waals surface area contributed by atoms with Crippen molar-refractivity contribution in [3.05, 3.63) is 314 Å². The van der Waals surface area contributed by atoms with Crippen molar-refractivity contribution in [3.8, 4) is 61.3 Å². The van der Waals surface area contributed by atoms with Gasteiger partial charge in [-0.25, -0.2) is 0 Å². The Hall–Kier alpha value is -9.50. The zero-order valence-electron chi connectivity index (χ0n) is 41.5. The van der Waals surface area contributed by atoms with Gasteiger partial charge in [-0.05, 0) is 140 Å². The first-order valence-corrected chi connectivity index (χ1v) is 26.2. The lowest BCUT2D eigenvalue weighted by atomic mass is 9.62. The average molecular weight is 957 g/mol. The minimum atomic E-state index is -0.363. The SMILES string of the molecule is C1=CCC(C2(c3ccccc3)c3ccccc3-c3c(-n4c5ccccc5c5ccc(-c6ccccc6-c6ccc(N(c7ccccc7)c7cc(-c8ccccc8)cc(-c8ccccc8)c7)cc6)cc54)cccc32)C=C1. The van der Waals surface area contributed by atoms with E-state index in [-0.39, 0.29) is 11.3 Å². The summed E-state index contributed by atoms with van der Waals surface area (Å²) in [5.74, 6) is 0.248. The van der Waals surface area contributed by atoms with Gasteiger partial charge in [0.2, 0.25) is 0 Å². The van der Waals surface area contributed by atoms with E-state index in [4.69, 9.17) is 0 Å². The van der Waals surface area contributed by atoms with Crippen LogP contribution in [0, 0.1) is 5.92 Å². The van der Waals surface area contributed by atoms with Gasteiger partial charge in [0.15, 0.2) is 0 Å². The summed E-state index contributed by atoms with van der Waals surface area (Å²) in [5, 5.41) is 2.48. The van der Waals surface area contributed by atoms with E-state index in [1.165, 1.54) is 94.3 Å². The van der Waals surface area contributed by atoms with E-state index in [9.17, 15) is 0 Å². The Labute approximate surface area is 439 Å². The molecule has 12 aromatic rings. The lowest BCUT2D eigenvalue weighted by molar-refractivity contribution is 0.457. The highest BCUT2D eigenvalue weighted by Crippen LogP contribution is 2.59. The van der Waals surface area contributed by atoms with Gasteiger partial charge >= 0.3 is 0 Å². The summed E-state index contributed by atoms with van der Waals surface area (Å²) in [5.41, 5.74) is 22.6. The molecule has 0 saturated heterocycles. The number of allylic oxidation sites excluding steroid dienone is 4. The number of para-hydroxylation sites is 2. The smallest absolute Gasteiger partial charge is 0.0547 e. The molecule has 0 spiro atoms. The van der Waals surface area contributed by atoms with Crippen molar-refractivity contribution in [1.29, 1.82) is 0 Å². The third-order valence-electron chi connectivity index (χ3n) is 15.8. The van der Waals surface area contributed by atoms with E-state index < -0.39 is 0 Å². The van der Waals surface area contributed by atoms with Crippen molar-refractivity contribution < 1.29 is 0 Å². The Morgan fingerprint density at radius 3 is 1.61 bits per heavy atom. The quantitative estimate of drug-likeness (QED) is 0.133. The second-order valence-corrected chi connectivity index (χ2v) is 19.9. The molecule has 14 rings (SSSR count). The number of nitrogens with zero attached hydrogens (tertiary/aromatic N) is 2. The molecule has 2 aliphatic carbocycles. The van der Waals surface area contributed by atoms with Gasteiger partial charge in [-0.2, -0.15) is 0 Å². The number of hydrogen-bond donors (Lipinski definition) is 0. The summed E-state index contributed by atoms with van der Waals surface area (Å²) in [6.45, 7) is 0. The van der Waals surface area contributed by atoms with Crippen molar-refractivity contribution in [3.63, 3.8) is 0 Å². The highest BCUT2D eigenvalue weighted by atomic mass is 15.1. The summed E-state index contributed by atoms with van der Waals surface area (Å²) >= 11 is 0. The lowest BCUT2D eigenvalue weighted by Gasteiger charge is -2.39. The molecule has 0 radical (unpaired) electrons. The molecule has 2 unspecified atom stereocenters. The Morgan fingerprint density at radius 1 is 0.360 bits per heavy atom. The molecule has 0 fully saturated rings. The van der Waals surface area contributed by atoms with Crippen LogP contribution in [-0.4, -0.2) is 4.57 Å². The fourth-order valence-electron chi connectivity index (χ4n) is 12.6. The Kier molecular flexibility index (Phi) is 10.9. The molecule has 1 aromatic heterocycles. The summed E-state index contributed by atoms with van der Waals surface area (Å²) in [6.07, 6.45) is 10.2. The van der Waals surface area contributed by atoms with Crippen LogP contribution in [0.4, 0.5) is 17.1 Å². The Balaban J connectivity index is 0.904. The van der Waals surface area contributed by atoms with E-state index in [0.717, 1.165) is 29.0 Å². The van der Waals surface area contributed by atoms with Crippen LogP contribution in [-0.2, 0) is 5.41 Å². The fourth-order valence-corrected chi connectivity index (χ4v) is 12.6. The summed E-state index contributed by atoms with van der Waals surface area (Å²) in [7, 11) is 0. The maximum absolute atomic E-state index is 2.55. The van der Waals surface area contributed by atoms with E-state index >= 15 is 0 Å². The topological polar surface area (TPSA) is 8.17 Å². The normalized spacial score (nSPS) is 15.5. The molecule has 11 aromatic carbocycles. The van der Waals surface area contributed by atoms with Crippen LogP contribution < -0.4 is 4.90 Å². The lowest BCUT2D eigenvalue weighted by Crippen LogP contribution is -2.35. The monoisotopic (exact) mass is 956 g/mol. The average Bonchev–Trinajstić information content (AvgIpc) is 4.01. The van der Waals surface area contributed by atoms with E-state index in [1.807, 2.05) is 0 Å². The second-order valence-electron chi connectivity index (χ2n) is 19.9. The molecule has 75 heavy (non-hydrogen) atoms. The number of benzene rings is 11. The van der Waals surface area contributed by atoms with Gasteiger partial charge in [0, 0.05) is 33.4 Å². The van der Waals surface area contributed by atoms with Crippen LogP contribution in [0.5, 0.6) is 0 Å². The molecule has 2 heteroatoms. The zero-order chi connectivity index (χ0) is 49.7. The van der Waals surface area contributed by atoms with Crippen LogP contribution in [0.2, 0.25) is 0 Å². The predicted octanol–water partition coefficient (Wildman–Crippen LogP) is 19.4. The first-order chi connectivity index (χ1) is 37.2. The summed E-state index contributed by atoms with van der Waals surface area (Å²) in [6, 6.07) is 101. The summed E-state index contributed by atoms with van der Waals surface area (Å²) in [4.78, 5) is 2.38. The first kappa shape index (κ1) is 44.2. The number of hydrogen-bond acceptors (Lipinski definition) is 1. The molecule has 2 atom stereocenters. The van der Waals surface area contributed by atoms with Crippen LogP contribution in [0.25, 0.3) is 83.1 Å². The number of fused-ring (bicyclic) bond motifs is 6. The van der Waals surface area contributed by atoms with E-state index in [1.54, 1.807) is 0 Å².